The van der Waals surface area contributed by atoms with Gasteiger partial charge in [0.15, 0.2) is 5.82 Å². The molecule has 2 aromatic carbocycles. The molecular formula is C12H8BrClF2N2O2S. The van der Waals surface area contributed by atoms with E-state index in [1.165, 1.54) is 12.1 Å². The second kappa shape index (κ2) is 5.78. The topological polar surface area (TPSA) is 72.2 Å². The van der Waals surface area contributed by atoms with E-state index in [2.05, 4.69) is 20.7 Å². The third kappa shape index (κ3) is 3.28. The van der Waals surface area contributed by atoms with Crippen LogP contribution in [0.4, 0.5) is 20.2 Å². The summed E-state index contributed by atoms with van der Waals surface area (Å²) in [6.07, 6.45) is 0. The Kier molecular flexibility index (Phi) is 4.40. The van der Waals surface area contributed by atoms with Gasteiger partial charge in [-0.25, -0.2) is 17.2 Å². The summed E-state index contributed by atoms with van der Waals surface area (Å²) in [5, 5.41) is 0.122. The van der Waals surface area contributed by atoms with Crippen molar-refractivity contribution in [1.82, 2.24) is 0 Å². The first-order chi connectivity index (χ1) is 9.72. The van der Waals surface area contributed by atoms with E-state index in [1.54, 1.807) is 6.07 Å². The largest absolute Gasteiger partial charge is 0.394 e. The molecular weight excluding hydrogens is 390 g/mol. The third-order valence-corrected chi connectivity index (χ3v) is 4.76. The molecule has 0 spiro atoms. The number of hydrogen-bond donors (Lipinski definition) is 2. The maximum absolute atomic E-state index is 13.8. The van der Waals surface area contributed by atoms with Gasteiger partial charge >= 0.3 is 0 Å². The summed E-state index contributed by atoms with van der Waals surface area (Å²) < 4.78 is 53.9. The van der Waals surface area contributed by atoms with Crippen molar-refractivity contribution in [2.24, 2.45) is 0 Å². The van der Waals surface area contributed by atoms with E-state index in [1.807, 2.05) is 0 Å². The summed E-state index contributed by atoms with van der Waals surface area (Å²) in [6, 6.07) is 6.03. The molecule has 112 valence electrons. The zero-order valence-corrected chi connectivity index (χ0v) is 13.4. The fourth-order valence-electron chi connectivity index (χ4n) is 1.53. The normalized spacial score (nSPS) is 11.4. The average Bonchev–Trinajstić information content (AvgIpc) is 2.39. The number of hydrogen-bond acceptors (Lipinski definition) is 3. The van der Waals surface area contributed by atoms with Crippen LogP contribution in [0.15, 0.2) is 39.7 Å². The smallest absolute Gasteiger partial charge is 0.264 e. The number of rotatable bonds is 3. The Morgan fingerprint density at radius 2 is 1.86 bits per heavy atom. The van der Waals surface area contributed by atoms with Gasteiger partial charge in [-0.05, 0) is 30.3 Å². The molecule has 0 aromatic heterocycles. The SMILES string of the molecule is Nc1c(F)ccc(S(=O)(=O)Nc2cc(Br)ccc2Cl)c1F. The Balaban J connectivity index is 2.49. The zero-order chi connectivity index (χ0) is 15.8. The van der Waals surface area contributed by atoms with Crippen LogP contribution in [0.3, 0.4) is 0 Å². The highest BCUT2D eigenvalue weighted by molar-refractivity contribution is 9.10. The predicted molar refractivity (Wildman–Crippen MR) is 80.7 cm³/mol. The summed E-state index contributed by atoms with van der Waals surface area (Å²) in [4.78, 5) is -0.766. The molecule has 9 heteroatoms. The van der Waals surface area contributed by atoms with Crippen LogP contribution >= 0.6 is 27.5 Å². The third-order valence-electron chi connectivity index (χ3n) is 2.55. The van der Waals surface area contributed by atoms with Crippen LogP contribution in [-0.4, -0.2) is 8.42 Å². The van der Waals surface area contributed by atoms with Gasteiger partial charge in [-0.2, -0.15) is 0 Å². The first-order valence-electron chi connectivity index (χ1n) is 5.43. The minimum Gasteiger partial charge on any atom is -0.394 e. The van der Waals surface area contributed by atoms with E-state index in [-0.39, 0.29) is 10.7 Å². The van der Waals surface area contributed by atoms with E-state index in [9.17, 15) is 17.2 Å². The zero-order valence-electron chi connectivity index (χ0n) is 10.2. The molecule has 0 unspecified atom stereocenters. The lowest BCUT2D eigenvalue weighted by molar-refractivity contribution is 0.557. The van der Waals surface area contributed by atoms with E-state index in [4.69, 9.17) is 17.3 Å². The highest BCUT2D eigenvalue weighted by atomic mass is 79.9. The van der Waals surface area contributed by atoms with E-state index in [0.29, 0.717) is 4.47 Å². The van der Waals surface area contributed by atoms with Crippen LogP contribution in [-0.2, 0) is 10.0 Å². The molecule has 3 N–H and O–H groups in total. The van der Waals surface area contributed by atoms with Crippen molar-refractivity contribution in [3.8, 4) is 0 Å². The van der Waals surface area contributed by atoms with Crippen molar-refractivity contribution in [2.75, 3.05) is 10.5 Å². The Labute approximate surface area is 133 Å². The molecule has 2 rings (SSSR count). The summed E-state index contributed by atoms with van der Waals surface area (Å²) in [5.41, 5.74) is 4.34. The molecule has 0 bridgehead atoms. The highest BCUT2D eigenvalue weighted by Crippen LogP contribution is 2.29. The number of sulfonamides is 1. The number of nitrogens with two attached hydrogens (primary N) is 1. The molecule has 0 amide bonds. The molecule has 4 nitrogen and oxygen atoms in total. The Morgan fingerprint density at radius 1 is 1.19 bits per heavy atom. The summed E-state index contributed by atoms with van der Waals surface area (Å²) in [7, 11) is -4.30. The van der Waals surface area contributed by atoms with Crippen LogP contribution in [0.1, 0.15) is 0 Å². The molecule has 0 aliphatic rings. The van der Waals surface area contributed by atoms with Gasteiger partial charge in [-0.15, -0.1) is 0 Å². The van der Waals surface area contributed by atoms with Gasteiger partial charge in [0, 0.05) is 4.47 Å². The standard InChI is InChI=1S/C12H8BrClF2N2O2S/c13-6-1-2-7(14)9(5-6)18-21(19,20)10-4-3-8(15)12(17)11(10)16/h1-5,18H,17H2. The van der Waals surface area contributed by atoms with Crippen molar-refractivity contribution in [2.45, 2.75) is 4.90 Å². The molecule has 0 saturated carbocycles. The lowest BCUT2D eigenvalue weighted by atomic mass is 10.3. The lowest BCUT2D eigenvalue weighted by Crippen LogP contribution is -2.16. The second-order valence-corrected chi connectivity index (χ2v) is 6.98. The lowest BCUT2D eigenvalue weighted by Gasteiger charge is -2.11. The van der Waals surface area contributed by atoms with Gasteiger partial charge in [0.1, 0.15) is 16.4 Å². The van der Waals surface area contributed by atoms with Crippen LogP contribution in [0, 0.1) is 11.6 Å². The molecule has 0 heterocycles. The number of anilines is 2. The molecule has 21 heavy (non-hydrogen) atoms. The van der Waals surface area contributed by atoms with Gasteiger partial charge in [0.25, 0.3) is 10.0 Å². The first-order valence-corrected chi connectivity index (χ1v) is 8.09. The minimum atomic E-state index is -4.30. The predicted octanol–water partition coefficient (Wildman–Crippen LogP) is 3.76. The van der Waals surface area contributed by atoms with Crippen LogP contribution < -0.4 is 10.5 Å². The molecule has 0 atom stereocenters. The molecule has 0 aliphatic carbocycles. The number of nitrogen functional groups attached to an aromatic ring is 1. The van der Waals surface area contributed by atoms with Gasteiger partial charge in [-0.1, -0.05) is 27.5 Å². The molecule has 0 saturated heterocycles. The summed E-state index contributed by atoms with van der Waals surface area (Å²) in [5.74, 6) is -2.39. The average molecular weight is 398 g/mol. The minimum absolute atomic E-state index is 0.0494. The van der Waals surface area contributed by atoms with Gasteiger partial charge < -0.3 is 5.73 Å². The van der Waals surface area contributed by atoms with Crippen molar-refractivity contribution in [3.05, 3.63) is 51.5 Å². The maximum Gasteiger partial charge on any atom is 0.264 e. The first kappa shape index (κ1) is 16.0. The van der Waals surface area contributed by atoms with Crippen molar-refractivity contribution in [3.63, 3.8) is 0 Å². The Hall–Kier alpha value is -1.38. The Morgan fingerprint density at radius 3 is 2.52 bits per heavy atom. The van der Waals surface area contributed by atoms with Gasteiger partial charge in [-0.3, -0.25) is 4.72 Å². The maximum atomic E-state index is 13.8. The molecule has 0 aliphatic heterocycles. The van der Waals surface area contributed by atoms with Crippen LogP contribution in [0.5, 0.6) is 0 Å². The molecule has 2 aromatic rings. The van der Waals surface area contributed by atoms with E-state index >= 15 is 0 Å². The van der Waals surface area contributed by atoms with Crippen LogP contribution in [0.2, 0.25) is 5.02 Å². The van der Waals surface area contributed by atoms with Crippen LogP contribution in [0.25, 0.3) is 0 Å². The van der Waals surface area contributed by atoms with Crippen molar-refractivity contribution < 1.29 is 17.2 Å². The summed E-state index contributed by atoms with van der Waals surface area (Å²) >= 11 is 9.02. The van der Waals surface area contributed by atoms with E-state index < -0.39 is 32.2 Å². The highest BCUT2D eigenvalue weighted by Gasteiger charge is 2.23. The number of halogens is 4. The quantitative estimate of drug-likeness (QED) is 0.775. The fraction of sp³-hybridized carbons (Fsp3) is 0. The molecule has 0 radical (unpaired) electrons. The Bertz CT molecular complexity index is 815. The van der Waals surface area contributed by atoms with Gasteiger partial charge in [0.05, 0.1) is 10.7 Å². The summed E-state index contributed by atoms with van der Waals surface area (Å²) in [6.45, 7) is 0. The van der Waals surface area contributed by atoms with Crippen molar-refractivity contribution in [1.29, 1.82) is 0 Å². The molecule has 0 fully saturated rings. The second-order valence-electron chi connectivity index (χ2n) is 4.00. The monoisotopic (exact) mass is 396 g/mol. The van der Waals surface area contributed by atoms with Gasteiger partial charge in [0.2, 0.25) is 0 Å². The fourth-order valence-corrected chi connectivity index (χ4v) is 3.28. The number of nitrogens with one attached hydrogen (secondary N) is 1. The number of benzene rings is 2. The van der Waals surface area contributed by atoms with E-state index in [0.717, 1.165) is 12.1 Å². The van der Waals surface area contributed by atoms with Crippen molar-refractivity contribution >= 4 is 48.9 Å².